The van der Waals surface area contributed by atoms with Gasteiger partial charge in [-0.15, -0.1) is 0 Å². The van der Waals surface area contributed by atoms with E-state index < -0.39 is 20.9 Å². The molecule has 0 aromatic heterocycles. The zero-order chi connectivity index (χ0) is 16.6. The monoisotopic (exact) mass is 397 g/mol. The molecular formula is C21H27SiZr. The van der Waals surface area contributed by atoms with Crippen LogP contribution in [0.15, 0.2) is 65.8 Å². The summed E-state index contributed by atoms with van der Waals surface area (Å²) < 4.78 is 3.75. The number of allylic oxidation sites excluding steroid dienone is 8. The Hall–Kier alpha value is -0.720. The van der Waals surface area contributed by atoms with Crippen molar-refractivity contribution in [1.82, 2.24) is 0 Å². The van der Waals surface area contributed by atoms with Crippen molar-refractivity contribution >= 4 is 11.8 Å². The first kappa shape index (κ1) is 17.1. The molecule has 3 rings (SSSR count). The van der Waals surface area contributed by atoms with Gasteiger partial charge in [0.25, 0.3) is 0 Å². The topological polar surface area (TPSA) is 0 Å². The third-order valence-corrected chi connectivity index (χ3v) is 24.0. The molecule has 0 bridgehead atoms. The normalized spacial score (nSPS) is 21.1. The van der Waals surface area contributed by atoms with Crippen LogP contribution in [0.3, 0.4) is 0 Å². The van der Waals surface area contributed by atoms with Gasteiger partial charge in [0.1, 0.15) is 0 Å². The van der Waals surface area contributed by atoms with E-state index in [4.69, 9.17) is 0 Å². The number of hydrogen-bond donors (Lipinski definition) is 0. The van der Waals surface area contributed by atoms with Gasteiger partial charge in [0.2, 0.25) is 0 Å². The SMILES string of the molecule is CC1=C(C)C(C)[C]([Zr]([SiH2]c2ccccc2C)[C]2=CC=CC2)=C1C. The van der Waals surface area contributed by atoms with Gasteiger partial charge < -0.3 is 0 Å². The number of benzene rings is 1. The molecule has 0 amide bonds. The Morgan fingerprint density at radius 3 is 2.35 bits per heavy atom. The van der Waals surface area contributed by atoms with E-state index in [1.54, 1.807) is 21.9 Å². The first-order valence-corrected chi connectivity index (χ1v) is 17.7. The molecule has 0 heterocycles. The molecule has 2 aliphatic rings. The standard InChI is InChI=1S/C9H13.C7H9Si.C5H5.Zr/c1-6-5-7(2)9(4)8(6)3;1-6-4-2-3-5-7(6)8;1-2-4-5-3-1;/h6H,1-4H3;2-5H,8H2,1H3;1-3H,4H2;. The van der Waals surface area contributed by atoms with E-state index in [1.807, 2.05) is 6.56 Å². The minimum atomic E-state index is -1.71. The Morgan fingerprint density at radius 1 is 1.04 bits per heavy atom. The van der Waals surface area contributed by atoms with Crippen molar-refractivity contribution in [3.63, 3.8) is 0 Å². The molecule has 0 saturated carbocycles. The maximum absolute atomic E-state index is 2.47. The molecule has 2 heteroatoms. The minimum absolute atomic E-state index is 0.190. The molecule has 1 aromatic carbocycles. The van der Waals surface area contributed by atoms with Crippen LogP contribution in [0.5, 0.6) is 0 Å². The molecule has 1 atom stereocenters. The van der Waals surface area contributed by atoms with E-state index >= 15 is 0 Å². The van der Waals surface area contributed by atoms with Crippen LogP contribution >= 0.6 is 0 Å². The Morgan fingerprint density at radius 2 is 1.78 bits per heavy atom. The van der Waals surface area contributed by atoms with E-state index in [0.717, 1.165) is 0 Å². The van der Waals surface area contributed by atoms with E-state index in [2.05, 4.69) is 77.1 Å². The fourth-order valence-electron chi connectivity index (χ4n) is 3.90. The summed E-state index contributed by atoms with van der Waals surface area (Å²) in [7, 11) is 0. The van der Waals surface area contributed by atoms with Crippen molar-refractivity contribution in [3.8, 4) is 0 Å². The molecule has 0 radical (unpaired) electrons. The molecule has 1 unspecified atom stereocenters. The first-order valence-electron chi connectivity index (χ1n) is 8.66. The van der Waals surface area contributed by atoms with Crippen LogP contribution in [0.25, 0.3) is 0 Å². The van der Waals surface area contributed by atoms with Crippen molar-refractivity contribution in [3.05, 3.63) is 71.3 Å². The number of aryl methyl sites for hydroxylation is 1. The van der Waals surface area contributed by atoms with Gasteiger partial charge in [-0.3, -0.25) is 0 Å². The van der Waals surface area contributed by atoms with Crippen molar-refractivity contribution in [2.75, 3.05) is 0 Å². The van der Waals surface area contributed by atoms with Gasteiger partial charge in [0.05, 0.1) is 0 Å². The second-order valence-electron chi connectivity index (χ2n) is 6.97. The second-order valence-corrected chi connectivity index (χ2v) is 20.1. The molecule has 0 saturated heterocycles. The molecule has 23 heavy (non-hydrogen) atoms. The van der Waals surface area contributed by atoms with E-state index in [1.165, 1.54) is 12.0 Å². The zero-order valence-electron chi connectivity index (χ0n) is 15.0. The quantitative estimate of drug-likeness (QED) is 0.658. The third kappa shape index (κ3) is 3.26. The van der Waals surface area contributed by atoms with Gasteiger partial charge in [-0.2, -0.15) is 0 Å². The molecule has 0 spiro atoms. The molecular weight excluding hydrogens is 372 g/mol. The van der Waals surface area contributed by atoms with Gasteiger partial charge in [-0.1, -0.05) is 0 Å². The average Bonchev–Trinajstić information content (AvgIpc) is 3.13. The molecule has 2 aliphatic carbocycles. The van der Waals surface area contributed by atoms with Crippen molar-refractivity contribution in [2.24, 2.45) is 5.92 Å². The van der Waals surface area contributed by atoms with E-state index in [9.17, 15) is 0 Å². The van der Waals surface area contributed by atoms with E-state index in [0.29, 0.717) is 5.92 Å². The van der Waals surface area contributed by atoms with Gasteiger partial charge in [0.15, 0.2) is 0 Å². The van der Waals surface area contributed by atoms with Crippen LogP contribution < -0.4 is 5.19 Å². The molecule has 0 N–H and O–H groups in total. The number of hydrogen-bond acceptors (Lipinski definition) is 0. The van der Waals surface area contributed by atoms with Gasteiger partial charge in [-0.05, 0) is 0 Å². The summed E-state index contributed by atoms with van der Waals surface area (Å²) in [4.78, 5) is 0. The summed E-state index contributed by atoms with van der Waals surface area (Å²) in [5.74, 6) is 0.697. The van der Waals surface area contributed by atoms with E-state index in [-0.39, 0.29) is 6.65 Å². The van der Waals surface area contributed by atoms with Gasteiger partial charge in [0, 0.05) is 0 Å². The van der Waals surface area contributed by atoms with Crippen molar-refractivity contribution < 1.29 is 20.9 Å². The summed E-state index contributed by atoms with van der Waals surface area (Å²) in [6, 6.07) is 9.14. The Balaban J connectivity index is 2.00. The second kappa shape index (κ2) is 7.03. The average molecular weight is 399 g/mol. The van der Waals surface area contributed by atoms with Crippen LogP contribution in [0.4, 0.5) is 0 Å². The zero-order valence-corrected chi connectivity index (χ0v) is 18.9. The van der Waals surface area contributed by atoms with Crippen LogP contribution in [-0.2, 0) is 20.9 Å². The van der Waals surface area contributed by atoms with Gasteiger partial charge >= 0.3 is 151 Å². The predicted molar refractivity (Wildman–Crippen MR) is 101 cm³/mol. The van der Waals surface area contributed by atoms with Crippen LogP contribution in [0, 0.1) is 12.8 Å². The molecule has 119 valence electrons. The molecule has 0 aliphatic heterocycles. The van der Waals surface area contributed by atoms with Crippen LogP contribution in [-0.4, -0.2) is 6.65 Å². The molecule has 1 aromatic rings. The Labute approximate surface area is 150 Å². The molecule has 0 fully saturated rings. The summed E-state index contributed by atoms with van der Waals surface area (Å²) >= 11 is -1.71. The predicted octanol–water partition coefficient (Wildman–Crippen LogP) is 4.43. The van der Waals surface area contributed by atoms with Gasteiger partial charge in [-0.25, -0.2) is 0 Å². The fourth-order valence-corrected chi connectivity index (χ4v) is 25.0. The van der Waals surface area contributed by atoms with Crippen molar-refractivity contribution in [1.29, 1.82) is 0 Å². The Kier molecular flexibility index (Phi) is 5.23. The van der Waals surface area contributed by atoms with Crippen LogP contribution in [0.2, 0.25) is 0 Å². The Bertz CT molecular complexity index is 749. The number of rotatable bonds is 4. The summed E-state index contributed by atoms with van der Waals surface area (Å²) in [5, 5.41) is 1.71. The summed E-state index contributed by atoms with van der Waals surface area (Å²) in [5.41, 5.74) is 6.38. The molecule has 0 nitrogen and oxygen atoms in total. The summed E-state index contributed by atoms with van der Waals surface area (Å²) in [6.45, 7) is 11.7. The van der Waals surface area contributed by atoms with Crippen molar-refractivity contribution in [2.45, 2.75) is 41.0 Å². The fraction of sp³-hybridized carbons (Fsp3) is 0.333. The maximum atomic E-state index is 2.47. The summed E-state index contributed by atoms with van der Waals surface area (Å²) in [6.07, 6.45) is 8.36. The van der Waals surface area contributed by atoms with Crippen LogP contribution in [0.1, 0.15) is 39.7 Å². The third-order valence-electron chi connectivity index (χ3n) is 5.75. The first-order chi connectivity index (χ1) is 11.0.